The summed E-state index contributed by atoms with van der Waals surface area (Å²) in [7, 11) is 1.67. The summed E-state index contributed by atoms with van der Waals surface area (Å²) in [5.41, 5.74) is 6.16. The smallest absolute Gasteiger partial charge is 0.251 e. The van der Waals surface area contributed by atoms with E-state index < -0.39 is 0 Å². The predicted molar refractivity (Wildman–Crippen MR) is 180 cm³/mol. The number of fused-ring (bicyclic) bond motifs is 2. The second kappa shape index (κ2) is 13.7. The van der Waals surface area contributed by atoms with Gasteiger partial charge in [-0.2, -0.15) is 5.21 Å². The fourth-order valence-corrected chi connectivity index (χ4v) is 6.95. The van der Waals surface area contributed by atoms with Crippen molar-refractivity contribution in [3.63, 3.8) is 0 Å². The van der Waals surface area contributed by atoms with Gasteiger partial charge in [-0.25, -0.2) is 4.98 Å². The maximum atomic E-state index is 13.3. The van der Waals surface area contributed by atoms with Crippen LogP contribution in [-0.4, -0.2) is 48.3 Å². The van der Waals surface area contributed by atoms with Crippen LogP contribution in [0.15, 0.2) is 77.4 Å². The van der Waals surface area contributed by atoms with Gasteiger partial charge in [0, 0.05) is 58.7 Å². The van der Waals surface area contributed by atoms with Gasteiger partial charge in [0.25, 0.3) is 5.91 Å². The Balaban J connectivity index is 1.26. The molecule has 0 radical (unpaired) electrons. The average Bonchev–Trinajstić information content (AvgIpc) is 3.91. The van der Waals surface area contributed by atoms with Crippen LogP contribution in [0.1, 0.15) is 43.8 Å². The molecule has 1 amide bonds. The number of aromatic amines is 1. The molecule has 4 heterocycles. The van der Waals surface area contributed by atoms with Gasteiger partial charge in [-0.15, -0.1) is 21.5 Å². The Morgan fingerprint density at radius 3 is 2.70 bits per heavy atom. The fraction of sp³-hybridized carbons (Fsp3) is 0.235. The van der Waals surface area contributed by atoms with Crippen LogP contribution in [-0.2, 0) is 45.2 Å². The van der Waals surface area contributed by atoms with Gasteiger partial charge in [-0.1, -0.05) is 34.1 Å². The number of nitrogens with zero attached hydrogens (tertiary/aromatic N) is 6. The SMILES string of the molecule is COc1ccc2sc(CCc3c(CCc4ccc(Cl)cc4)c4cc(C(=O)NCc5ccno5)ccc4n3CCc3nn[nH]n3)nc2c1. The zero-order valence-corrected chi connectivity index (χ0v) is 27.1. The van der Waals surface area contributed by atoms with Crippen LogP contribution in [0.2, 0.25) is 5.02 Å². The van der Waals surface area contributed by atoms with E-state index in [9.17, 15) is 4.79 Å². The van der Waals surface area contributed by atoms with Crippen molar-refractivity contribution >= 4 is 50.0 Å². The van der Waals surface area contributed by atoms with Crippen LogP contribution in [0.3, 0.4) is 0 Å². The zero-order chi connectivity index (χ0) is 32.2. The molecule has 0 saturated heterocycles. The molecule has 7 rings (SSSR count). The molecule has 238 valence electrons. The zero-order valence-electron chi connectivity index (χ0n) is 25.6. The highest BCUT2D eigenvalue weighted by Crippen LogP contribution is 2.32. The minimum absolute atomic E-state index is 0.182. The molecule has 0 saturated carbocycles. The third kappa shape index (κ3) is 6.88. The number of carbonyl (C=O) groups is 1. The number of ether oxygens (including phenoxy) is 1. The Hall–Kier alpha value is -5.07. The van der Waals surface area contributed by atoms with E-state index >= 15 is 0 Å². The third-order valence-corrected chi connectivity index (χ3v) is 9.55. The van der Waals surface area contributed by atoms with Gasteiger partial charge >= 0.3 is 0 Å². The number of hydrogen-bond donors (Lipinski definition) is 2. The molecule has 0 atom stereocenters. The van der Waals surface area contributed by atoms with Crippen LogP contribution >= 0.6 is 22.9 Å². The standard InChI is InChI=1S/C34H31ClN8O3S/c1-45-24-8-12-31-28(19-24)38-33(47-31)13-11-29-26(9-4-21-2-6-23(35)7-3-21)27-18-22(34(44)36-20-25-14-16-37-46-25)5-10-30(27)43(29)17-15-32-39-41-42-40-32/h2-3,5-8,10,12,14,16,18-19H,4,9,11,13,15,17,20H2,1H3,(H,36,44)(H,39,40,41,42). The minimum Gasteiger partial charge on any atom is -0.497 e. The quantitative estimate of drug-likeness (QED) is 0.149. The van der Waals surface area contributed by atoms with Gasteiger partial charge < -0.3 is 19.1 Å². The summed E-state index contributed by atoms with van der Waals surface area (Å²) in [6.45, 7) is 0.908. The second-order valence-electron chi connectivity index (χ2n) is 11.1. The maximum absolute atomic E-state index is 13.3. The molecule has 4 aromatic heterocycles. The molecule has 0 unspecified atom stereocenters. The minimum atomic E-state index is -0.182. The number of H-pyrrole nitrogens is 1. The first kappa shape index (κ1) is 30.6. The van der Waals surface area contributed by atoms with Crippen LogP contribution in [0.4, 0.5) is 0 Å². The number of thiazole rings is 1. The summed E-state index contributed by atoms with van der Waals surface area (Å²) in [6.07, 6.45) is 5.29. The highest BCUT2D eigenvalue weighted by Gasteiger charge is 2.20. The molecule has 13 heteroatoms. The first-order chi connectivity index (χ1) is 23.0. The number of halogens is 1. The number of hydrogen-bond acceptors (Lipinski definition) is 9. The van der Waals surface area contributed by atoms with Gasteiger partial charge in [-0.3, -0.25) is 4.79 Å². The second-order valence-corrected chi connectivity index (χ2v) is 12.7. The van der Waals surface area contributed by atoms with Crippen molar-refractivity contribution in [1.29, 1.82) is 0 Å². The molecular weight excluding hydrogens is 636 g/mol. The van der Waals surface area contributed by atoms with E-state index in [0.29, 0.717) is 35.1 Å². The van der Waals surface area contributed by atoms with Gasteiger partial charge in [0.05, 0.1) is 35.1 Å². The van der Waals surface area contributed by atoms with Crippen molar-refractivity contribution in [1.82, 2.24) is 40.6 Å². The molecule has 7 aromatic rings. The molecule has 0 aliphatic carbocycles. The lowest BCUT2D eigenvalue weighted by atomic mass is 9.99. The molecule has 0 aliphatic rings. The lowest BCUT2D eigenvalue weighted by Gasteiger charge is -2.12. The van der Waals surface area contributed by atoms with E-state index in [1.807, 2.05) is 42.5 Å². The van der Waals surface area contributed by atoms with Gasteiger partial charge in [-0.05, 0) is 72.9 Å². The first-order valence-corrected chi connectivity index (χ1v) is 16.5. The Labute approximate surface area is 278 Å². The van der Waals surface area contributed by atoms with E-state index in [1.165, 1.54) is 16.8 Å². The molecule has 2 N–H and O–H groups in total. The van der Waals surface area contributed by atoms with E-state index in [0.717, 1.165) is 57.6 Å². The Kier molecular flexibility index (Phi) is 8.94. The van der Waals surface area contributed by atoms with Gasteiger partial charge in [0.1, 0.15) is 5.75 Å². The number of carbonyl (C=O) groups excluding carboxylic acids is 1. The first-order valence-electron chi connectivity index (χ1n) is 15.3. The van der Waals surface area contributed by atoms with E-state index in [-0.39, 0.29) is 12.5 Å². The molecule has 11 nitrogen and oxygen atoms in total. The summed E-state index contributed by atoms with van der Waals surface area (Å²) in [5, 5.41) is 24.2. The van der Waals surface area contributed by atoms with E-state index in [2.05, 4.69) is 53.9 Å². The number of nitrogens with one attached hydrogen (secondary N) is 2. The molecule has 0 fully saturated rings. The fourth-order valence-electron chi connectivity index (χ4n) is 5.88. The Morgan fingerprint density at radius 1 is 1.02 bits per heavy atom. The van der Waals surface area contributed by atoms with Crippen LogP contribution < -0.4 is 10.1 Å². The number of methoxy groups -OCH3 is 1. The molecule has 3 aromatic carbocycles. The highest BCUT2D eigenvalue weighted by atomic mass is 35.5. The molecular formula is C34H31ClN8O3S. The topological polar surface area (TPSA) is 137 Å². The molecule has 0 bridgehead atoms. The number of benzene rings is 3. The summed E-state index contributed by atoms with van der Waals surface area (Å²) < 4.78 is 14.0. The molecule has 0 aliphatic heterocycles. The number of aryl methyl sites for hydroxylation is 5. The van der Waals surface area contributed by atoms with Crippen molar-refractivity contribution in [2.24, 2.45) is 0 Å². The summed E-state index contributed by atoms with van der Waals surface area (Å²) >= 11 is 7.89. The molecule has 0 spiro atoms. The lowest BCUT2D eigenvalue weighted by molar-refractivity contribution is 0.0947. The number of amides is 1. The summed E-state index contributed by atoms with van der Waals surface area (Å²) in [5.74, 6) is 1.84. The van der Waals surface area contributed by atoms with Crippen molar-refractivity contribution in [3.8, 4) is 5.75 Å². The van der Waals surface area contributed by atoms with Crippen LogP contribution in [0.25, 0.3) is 21.1 Å². The molecule has 47 heavy (non-hydrogen) atoms. The third-order valence-electron chi connectivity index (χ3n) is 8.20. The van der Waals surface area contributed by atoms with Crippen molar-refractivity contribution in [2.75, 3.05) is 7.11 Å². The van der Waals surface area contributed by atoms with E-state index in [1.54, 1.807) is 30.7 Å². The largest absolute Gasteiger partial charge is 0.497 e. The van der Waals surface area contributed by atoms with Crippen molar-refractivity contribution in [2.45, 2.75) is 45.2 Å². The number of rotatable bonds is 13. The monoisotopic (exact) mass is 666 g/mol. The van der Waals surface area contributed by atoms with Gasteiger partial charge in [0.15, 0.2) is 11.6 Å². The number of aromatic nitrogens is 7. The van der Waals surface area contributed by atoms with E-state index in [4.69, 9.17) is 25.8 Å². The Morgan fingerprint density at radius 2 is 1.91 bits per heavy atom. The normalized spacial score (nSPS) is 11.4. The summed E-state index contributed by atoms with van der Waals surface area (Å²) in [4.78, 5) is 18.2. The average molecular weight is 667 g/mol. The summed E-state index contributed by atoms with van der Waals surface area (Å²) in [6, 6.07) is 21.6. The highest BCUT2D eigenvalue weighted by molar-refractivity contribution is 7.18. The Bertz CT molecular complexity index is 2120. The van der Waals surface area contributed by atoms with Crippen LogP contribution in [0.5, 0.6) is 5.75 Å². The number of tetrazole rings is 1. The van der Waals surface area contributed by atoms with Crippen molar-refractivity contribution in [3.05, 3.63) is 117 Å². The lowest BCUT2D eigenvalue weighted by Crippen LogP contribution is -2.22. The van der Waals surface area contributed by atoms with Crippen LogP contribution in [0, 0.1) is 0 Å². The maximum Gasteiger partial charge on any atom is 0.251 e. The predicted octanol–water partition coefficient (Wildman–Crippen LogP) is 6.16. The van der Waals surface area contributed by atoms with Gasteiger partial charge in [0.2, 0.25) is 0 Å². The van der Waals surface area contributed by atoms with Crippen molar-refractivity contribution < 1.29 is 14.1 Å².